The van der Waals surface area contributed by atoms with E-state index in [0.29, 0.717) is 12.0 Å². The van der Waals surface area contributed by atoms with Gasteiger partial charge in [0.1, 0.15) is 30.4 Å². The molecule has 4 atom stereocenters. The van der Waals surface area contributed by atoms with Crippen molar-refractivity contribution in [1.29, 1.82) is 0 Å². The number of nitrogens with zero attached hydrogens (tertiary/aromatic N) is 4. The van der Waals surface area contributed by atoms with Crippen LogP contribution in [0.15, 0.2) is 27.7 Å². The van der Waals surface area contributed by atoms with Crippen molar-refractivity contribution in [1.82, 2.24) is 20.6 Å². The van der Waals surface area contributed by atoms with Crippen LogP contribution in [0.1, 0.15) is 70.8 Å². The molecular weight excluding hydrogens is 404 g/mol. The largest absolute Gasteiger partial charge is 0.370 e. The molecule has 174 valence electrons. The average Bonchev–Trinajstić information content (AvgIpc) is 3.25. The smallest absolute Gasteiger partial charge is 0.146 e. The molecule has 4 N–H and O–H groups in total. The predicted molar refractivity (Wildman–Crippen MR) is 129 cm³/mol. The van der Waals surface area contributed by atoms with Gasteiger partial charge >= 0.3 is 0 Å². The summed E-state index contributed by atoms with van der Waals surface area (Å²) >= 11 is 0. The number of hydrogen-bond acceptors (Lipinski definition) is 9. The monoisotopic (exact) mass is 440 g/mol. The highest BCUT2D eigenvalue weighted by Gasteiger charge is 2.30. The molecule has 2 unspecified atom stereocenters. The second-order valence-electron chi connectivity index (χ2n) is 8.74. The third-order valence-electron chi connectivity index (χ3n) is 6.35. The molecule has 3 aliphatic heterocycles. The summed E-state index contributed by atoms with van der Waals surface area (Å²) in [7, 11) is 0. The van der Waals surface area contributed by atoms with Crippen molar-refractivity contribution in [3.8, 4) is 0 Å². The van der Waals surface area contributed by atoms with Crippen molar-refractivity contribution in [2.45, 2.75) is 83.7 Å². The van der Waals surface area contributed by atoms with Gasteiger partial charge in [0, 0.05) is 24.0 Å². The standard InChI is InChI=1S/C23H36N8O/c1-4-24-20-16(3)27-13-30-23(20)26-12-6-5-11-25-21-19-15(2)7-8-17-9-10-18(32-17)31-22(19)29-14-28-21/h4,13-15,17-18,23,26H,5-12H2,1-3H3,(H,27,30)(H2,25,28,29,31)/t15?,17-,18-,23?/m1/s1. The highest BCUT2D eigenvalue weighted by Crippen LogP contribution is 2.37. The topological polar surface area (TPSA) is 108 Å². The molecule has 0 spiro atoms. The molecule has 2 bridgehead atoms. The molecule has 0 saturated carbocycles. The first-order chi connectivity index (χ1) is 15.7. The molecule has 9 heteroatoms. The molecule has 0 aliphatic carbocycles. The number of aliphatic imine (C=N–C) groups is 2. The first kappa shape index (κ1) is 22.7. The molecule has 4 heterocycles. The lowest BCUT2D eigenvalue weighted by Crippen LogP contribution is -2.35. The quantitative estimate of drug-likeness (QED) is 0.363. The van der Waals surface area contributed by atoms with Crippen LogP contribution in [0.3, 0.4) is 0 Å². The fourth-order valence-corrected chi connectivity index (χ4v) is 4.58. The zero-order valence-corrected chi connectivity index (χ0v) is 19.4. The lowest BCUT2D eigenvalue weighted by Gasteiger charge is -2.22. The van der Waals surface area contributed by atoms with Crippen LogP contribution in [0.2, 0.25) is 0 Å². The van der Waals surface area contributed by atoms with E-state index in [1.165, 1.54) is 5.56 Å². The van der Waals surface area contributed by atoms with Crippen LogP contribution in [0.4, 0.5) is 11.6 Å². The van der Waals surface area contributed by atoms with E-state index in [4.69, 9.17) is 4.74 Å². The SMILES string of the molecule is CC=NC1=C(C)NC=NC1NCCCCNc1ncnc2c1C(C)CC[C@@H]1CC[C@H](N2)O1. The third kappa shape index (κ3) is 5.45. The van der Waals surface area contributed by atoms with Crippen LogP contribution < -0.4 is 21.3 Å². The van der Waals surface area contributed by atoms with Gasteiger partial charge in [-0.2, -0.15) is 0 Å². The Balaban J connectivity index is 1.28. The Morgan fingerprint density at radius 1 is 1.19 bits per heavy atom. The van der Waals surface area contributed by atoms with Crippen LogP contribution >= 0.6 is 0 Å². The summed E-state index contributed by atoms with van der Waals surface area (Å²) in [5, 5.41) is 13.7. The molecule has 1 fully saturated rings. The van der Waals surface area contributed by atoms with Crippen LogP contribution in [-0.2, 0) is 4.74 Å². The summed E-state index contributed by atoms with van der Waals surface area (Å²) in [6, 6.07) is 0. The second kappa shape index (κ2) is 10.9. The van der Waals surface area contributed by atoms with Crippen molar-refractivity contribution >= 4 is 24.2 Å². The van der Waals surface area contributed by atoms with E-state index in [1.54, 1.807) is 12.7 Å². The first-order valence-corrected chi connectivity index (χ1v) is 11.9. The number of unbranched alkanes of at least 4 members (excludes halogenated alkanes) is 1. The molecule has 0 aromatic carbocycles. The van der Waals surface area contributed by atoms with Gasteiger partial charge in [-0.3, -0.25) is 15.3 Å². The molecule has 0 amide bonds. The number of allylic oxidation sites excluding steroid dienone is 1. The highest BCUT2D eigenvalue weighted by molar-refractivity contribution is 5.63. The van der Waals surface area contributed by atoms with Gasteiger partial charge in [-0.15, -0.1) is 0 Å². The van der Waals surface area contributed by atoms with Gasteiger partial charge in [0.25, 0.3) is 0 Å². The van der Waals surface area contributed by atoms with Crippen molar-refractivity contribution < 1.29 is 4.74 Å². The van der Waals surface area contributed by atoms with Crippen LogP contribution in [0.25, 0.3) is 0 Å². The van der Waals surface area contributed by atoms with Gasteiger partial charge in [-0.05, 0) is 64.8 Å². The van der Waals surface area contributed by atoms with Gasteiger partial charge in [-0.25, -0.2) is 9.97 Å². The van der Waals surface area contributed by atoms with E-state index in [0.717, 1.165) is 74.6 Å². The Morgan fingerprint density at radius 3 is 2.91 bits per heavy atom. The van der Waals surface area contributed by atoms with E-state index in [9.17, 15) is 0 Å². The van der Waals surface area contributed by atoms with E-state index in [-0.39, 0.29) is 12.4 Å². The Morgan fingerprint density at radius 2 is 2.03 bits per heavy atom. The lowest BCUT2D eigenvalue weighted by molar-refractivity contribution is 0.0547. The van der Waals surface area contributed by atoms with E-state index in [1.807, 2.05) is 20.1 Å². The summed E-state index contributed by atoms with van der Waals surface area (Å²) in [5.74, 6) is 2.25. The van der Waals surface area contributed by atoms with Gasteiger partial charge < -0.3 is 20.7 Å². The fourth-order valence-electron chi connectivity index (χ4n) is 4.58. The molecule has 32 heavy (non-hydrogen) atoms. The molecule has 3 aliphatic rings. The molecule has 9 nitrogen and oxygen atoms in total. The van der Waals surface area contributed by atoms with Crippen LogP contribution in [-0.4, -0.2) is 54.1 Å². The van der Waals surface area contributed by atoms with Crippen LogP contribution in [0, 0.1) is 0 Å². The minimum atomic E-state index is -0.0876. The number of hydrogen-bond donors (Lipinski definition) is 4. The van der Waals surface area contributed by atoms with Crippen molar-refractivity contribution in [3.63, 3.8) is 0 Å². The summed E-state index contributed by atoms with van der Waals surface area (Å²) in [6.07, 6.45) is 12.0. The number of anilines is 2. The number of aromatic nitrogens is 2. The normalized spacial score (nSPS) is 27.3. The minimum absolute atomic E-state index is 0.0649. The van der Waals surface area contributed by atoms with Gasteiger partial charge in [-0.1, -0.05) is 6.92 Å². The van der Waals surface area contributed by atoms with Gasteiger partial charge in [0.2, 0.25) is 0 Å². The van der Waals surface area contributed by atoms with Gasteiger partial charge in [0.15, 0.2) is 0 Å². The van der Waals surface area contributed by atoms with E-state index in [2.05, 4.69) is 48.1 Å². The molecule has 1 saturated heterocycles. The van der Waals surface area contributed by atoms with Crippen molar-refractivity contribution in [3.05, 3.63) is 23.3 Å². The zero-order chi connectivity index (χ0) is 22.3. The van der Waals surface area contributed by atoms with E-state index < -0.39 is 0 Å². The fraction of sp³-hybridized carbons (Fsp3) is 0.652. The predicted octanol–water partition coefficient (Wildman–Crippen LogP) is 3.35. The summed E-state index contributed by atoms with van der Waals surface area (Å²) in [4.78, 5) is 18.0. The number of fused-ring (bicyclic) bond motifs is 3. The summed E-state index contributed by atoms with van der Waals surface area (Å²) < 4.78 is 6.11. The number of nitrogens with one attached hydrogen (secondary N) is 4. The highest BCUT2D eigenvalue weighted by atomic mass is 16.5. The maximum Gasteiger partial charge on any atom is 0.146 e. The Bertz CT molecular complexity index is 868. The maximum atomic E-state index is 6.11. The lowest BCUT2D eigenvalue weighted by atomic mass is 9.94. The first-order valence-electron chi connectivity index (χ1n) is 11.9. The Kier molecular flexibility index (Phi) is 7.70. The van der Waals surface area contributed by atoms with Crippen molar-refractivity contribution in [2.24, 2.45) is 9.98 Å². The minimum Gasteiger partial charge on any atom is -0.370 e. The summed E-state index contributed by atoms with van der Waals surface area (Å²) in [6.45, 7) is 7.95. The molecule has 1 aromatic rings. The summed E-state index contributed by atoms with van der Waals surface area (Å²) in [5.41, 5.74) is 3.17. The Hall–Kier alpha value is -2.52. The number of rotatable bonds is 8. The second-order valence-corrected chi connectivity index (χ2v) is 8.74. The van der Waals surface area contributed by atoms with Crippen LogP contribution in [0.5, 0.6) is 0 Å². The maximum absolute atomic E-state index is 6.11. The Labute approximate surface area is 190 Å². The third-order valence-corrected chi connectivity index (χ3v) is 6.35. The van der Waals surface area contributed by atoms with E-state index >= 15 is 0 Å². The molecular formula is C23H36N8O. The molecule has 4 rings (SSSR count). The average molecular weight is 441 g/mol. The van der Waals surface area contributed by atoms with Crippen molar-refractivity contribution in [2.75, 3.05) is 23.7 Å². The zero-order valence-electron chi connectivity index (χ0n) is 19.4. The molecule has 1 aromatic heterocycles. The molecule has 0 radical (unpaired) electrons. The number of ether oxygens (including phenoxy) is 1. The van der Waals surface area contributed by atoms with Gasteiger partial charge in [0.05, 0.1) is 18.1 Å².